The third-order valence-corrected chi connectivity index (χ3v) is 7.97. The third kappa shape index (κ3) is 2.50. The zero-order valence-electron chi connectivity index (χ0n) is 13.9. The fourth-order valence-electron chi connectivity index (χ4n) is 4.84. The summed E-state index contributed by atoms with van der Waals surface area (Å²) in [4.78, 5) is 26.8. The summed E-state index contributed by atoms with van der Waals surface area (Å²) in [5, 5.41) is 14.3. The Hall–Kier alpha value is -1.49. The smallest absolute Gasteiger partial charge is 0.325 e. The maximum Gasteiger partial charge on any atom is 0.325 e. The second kappa shape index (κ2) is 5.50. The molecular formula is C15H22N4O5S. The van der Waals surface area contributed by atoms with Gasteiger partial charge < -0.3 is 15.4 Å². The number of aliphatic hydroxyl groups is 1. The Morgan fingerprint density at radius 2 is 2.04 bits per heavy atom. The highest BCUT2D eigenvalue weighted by atomic mass is 32.2. The van der Waals surface area contributed by atoms with Crippen molar-refractivity contribution in [3.05, 3.63) is 27.0 Å². The van der Waals surface area contributed by atoms with Crippen molar-refractivity contribution in [2.75, 3.05) is 13.1 Å². The van der Waals surface area contributed by atoms with E-state index in [-0.39, 0.29) is 36.5 Å². The maximum absolute atomic E-state index is 13.0. The number of nitrogens with one attached hydrogen (secondary N) is 3. The van der Waals surface area contributed by atoms with Gasteiger partial charge in [-0.3, -0.25) is 9.78 Å². The lowest BCUT2D eigenvalue weighted by atomic mass is 9.65. The van der Waals surface area contributed by atoms with E-state index in [9.17, 15) is 23.1 Å². The summed E-state index contributed by atoms with van der Waals surface area (Å²) < 4.78 is 27.3. The van der Waals surface area contributed by atoms with Crippen molar-refractivity contribution in [2.45, 2.75) is 49.3 Å². The predicted octanol–water partition coefficient (Wildman–Crippen LogP) is -1.42. The number of aromatic nitrogens is 2. The summed E-state index contributed by atoms with van der Waals surface area (Å²) in [6, 6.07) is 0.114. The molecule has 0 amide bonds. The number of hydrogen-bond acceptors (Lipinski definition) is 6. The lowest BCUT2D eigenvalue weighted by Gasteiger charge is -2.46. The van der Waals surface area contributed by atoms with Crippen molar-refractivity contribution < 1.29 is 13.5 Å². The van der Waals surface area contributed by atoms with Crippen LogP contribution in [-0.4, -0.2) is 59.1 Å². The molecule has 1 saturated carbocycles. The Morgan fingerprint density at radius 1 is 1.28 bits per heavy atom. The highest BCUT2D eigenvalue weighted by molar-refractivity contribution is 7.89. The molecule has 4 rings (SSSR count). The Bertz CT molecular complexity index is 909. The van der Waals surface area contributed by atoms with Gasteiger partial charge in [0.2, 0.25) is 10.0 Å². The van der Waals surface area contributed by atoms with Gasteiger partial charge in [0.25, 0.3) is 5.56 Å². The fraction of sp³-hybridized carbons (Fsp3) is 0.733. The van der Waals surface area contributed by atoms with E-state index in [2.05, 4.69) is 17.2 Å². The first kappa shape index (κ1) is 17.0. The van der Waals surface area contributed by atoms with Gasteiger partial charge in [0, 0.05) is 36.8 Å². The first-order valence-electron chi connectivity index (χ1n) is 8.48. The normalized spacial score (nSPS) is 38.5. The van der Waals surface area contributed by atoms with E-state index in [1.807, 2.05) is 4.98 Å². The molecule has 1 aromatic rings. The van der Waals surface area contributed by atoms with Crippen LogP contribution >= 0.6 is 0 Å². The molecule has 3 fully saturated rings. The van der Waals surface area contributed by atoms with Gasteiger partial charge in [0.05, 0.1) is 6.10 Å². The SMILES string of the molecule is C[C@]12C[C@H]3CN(S(=O)(=O)c4c[nH]c(=O)[nH]c4=O)C[C@H](CC[C@@H]1N3)[C@H]2O. The minimum absolute atomic E-state index is 0.0692. The number of H-pyrrole nitrogens is 2. The lowest BCUT2D eigenvalue weighted by Crippen LogP contribution is -2.53. The van der Waals surface area contributed by atoms with E-state index < -0.39 is 32.3 Å². The number of aromatic amines is 2. The summed E-state index contributed by atoms with van der Waals surface area (Å²) in [5.41, 5.74) is -1.92. The zero-order valence-corrected chi connectivity index (χ0v) is 14.7. The number of nitrogens with zero attached hydrogens (tertiary/aromatic N) is 1. The van der Waals surface area contributed by atoms with Gasteiger partial charge in [-0.25, -0.2) is 13.2 Å². The average Bonchev–Trinajstić information content (AvgIpc) is 2.91. The monoisotopic (exact) mass is 370 g/mol. The molecule has 2 aliphatic heterocycles. The van der Waals surface area contributed by atoms with Crippen molar-refractivity contribution in [1.29, 1.82) is 0 Å². The van der Waals surface area contributed by atoms with Crippen LogP contribution in [0.2, 0.25) is 0 Å². The summed E-state index contributed by atoms with van der Waals surface area (Å²) in [6.07, 6.45) is 2.69. The van der Waals surface area contributed by atoms with Gasteiger partial charge >= 0.3 is 5.69 Å². The highest BCUT2D eigenvalue weighted by Gasteiger charge is 2.55. The largest absolute Gasteiger partial charge is 0.392 e. The van der Waals surface area contributed by atoms with Crippen LogP contribution in [0.25, 0.3) is 0 Å². The topological polar surface area (TPSA) is 135 Å². The van der Waals surface area contributed by atoms with Crippen LogP contribution in [0.15, 0.2) is 20.7 Å². The van der Waals surface area contributed by atoms with Crippen molar-refractivity contribution in [3.63, 3.8) is 0 Å². The number of hydrogen-bond donors (Lipinski definition) is 4. The quantitative estimate of drug-likeness (QED) is 0.504. The molecule has 2 saturated heterocycles. The molecule has 1 aromatic heterocycles. The van der Waals surface area contributed by atoms with Crippen LogP contribution in [0.4, 0.5) is 0 Å². The molecular weight excluding hydrogens is 348 g/mol. The van der Waals surface area contributed by atoms with E-state index in [4.69, 9.17) is 0 Å². The van der Waals surface area contributed by atoms with Crippen molar-refractivity contribution in [3.8, 4) is 0 Å². The average molecular weight is 370 g/mol. The zero-order chi connectivity index (χ0) is 18.0. The van der Waals surface area contributed by atoms with E-state index in [1.54, 1.807) is 0 Å². The molecule has 5 atom stereocenters. The standard InChI is InChI=1S/C15H22N4O5S/c1-15-4-9-7-19(6-8(12(15)20)2-3-11(15)17-9)25(23,24)10-5-16-14(22)18-13(10)21/h5,8-9,11-12,17,20H,2-4,6-7H2,1H3,(H2,16,18,21,22)/t8-,9-,11-,12+,15-/m0/s1. The molecule has 0 unspecified atom stereocenters. The van der Waals surface area contributed by atoms with E-state index >= 15 is 0 Å². The number of aliphatic hydroxyl groups excluding tert-OH is 1. The Balaban J connectivity index is 1.74. The molecule has 3 heterocycles. The molecule has 0 radical (unpaired) electrons. The molecule has 9 nitrogen and oxygen atoms in total. The van der Waals surface area contributed by atoms with Crippen molar-refractivity contribution >= 4 is 10.0 Å². The summed E-state index contributed by atoms with van der Waals surface area (Å²) >= 11 is 0. The van der Waals surface area contributed by atoms with E-state index in [1.165, 1.54) is 4.31 Å². The molecule has 10 heteroatoms. The van der Waals surface area contributed by atoms with Crippen molar-refractivity contribution in [2.24, 2.45) is 11.3 Å². The summed E-state index contributed by atoms with van der Waals surface area (Å²) in [7, 11) is -4.07. The lowest BCUT2D eigenvalue weighted by molar-refractivity contribution is -0.0546. The number of fused-ring (bicyclic) bond motifs is 2. The van der Waals surface area contributed by atoms with Gasteiger partial charge in [-0.05, 0) is 25.2 Å². The van der Waals surface area contributed by atoms with Crippen LogP contribution in [0.5, 0.6) is 0 Å². The summed E-state index contributed by atoms with van der Waals surface area (Å²) in [6.45, 7) is 2.48. The first-order valence-corrected chi connectivity index (χ1v) is 9.92. The van der Waals surface area contributed by atoms with E-state index in [0.717, 1.165) is 19.0 Å². The predicted molar refractivity (Wildman–Crippen MR) is 88.6 cm³/mol. The molecule has 1 aliphatic carbocycles. The highest BCUT2D eigenvalue weighted by Crippen LogP contribution is 2.48. The van der Waals surface area contributed by atoms with Crippen LogP contribution in [0, 0.1) is 11.3 Å². The second-order valence-electron chi connectivity index (χ2n) is 7.67. The van der Waals surface area contributed by atoms with Gasteiger partial charge in [-0.2, -0.15) is 4.31 Å². The van der Waals surface area contributed by atoms with Crippen LogP contribution < -0.4 is 16.6 Å². The molecule has 3 bridgehead atoms. The molecule has 4 N–H and O–H groups in total. The molecule has 0 aromatic carbocycles. The Morgan fingerprint density at radius 3 is 2.76 bits per heavy atom. The minimum atomic E-state index is -4.07. The van der Waals surface area contributed by atoms with Gasteiger partial charge in [0.15, 0.2) is 4.90 Å². The maximum atomic E-state index is 13.0. The second-order valence-corrected chi connectivity index (χ2v) is 9.57. The Kier molecular flexibility index (Phi) is 3.73. The van der Waals surface area contributed by atoms with Crippen LogP contribution in [-0.2, 0) is 10.0 Å². The van der Waals surface area contributed by atoms with Crippen LogP contribution in [0.1, 0.15) is 26.2 Å². The third-order valence-electron chi connectivity index (χ3n) is 6.13. The van der Waals surface area contributed by atoms with Gasteiger partial charge in [-0.1, -0.05) is 6.92 Å². The molecule has 138 valence electrons. The molecule has 3 aliphatic rings. The number of sulfonamides is 1. The minimum Gasteiger partial charge on any atom is -0.392 e. The van der Waals surface area contributed by atoms with Gasteiger partial charge in [0.1, 0.15) is 0 Å². The first-order chi connectivity index (χ1) is 11.7. The van der Waals surface area contributed by atoms with Gasteiger partial charge in [-0.15, -0.1) is 0 Å². The Labute approximate surface area is 144 Å². The molecule has 25 heavy (non-hydrogen) atoms. The van der Waals surface area contributed by atoms with Crippen LogP contribution in [0.3, 0.4) is 0 Å². The fourth-order valence-corrected chi connectivity index (χ4v) is 6.37. The summed E-state index contributed by atoms with van der Waals surface area (Å²) in [5.74, 6) is -0.168. The number of rotatable bonds is 2. The molecule has 0 spiro atoms. The van der Waals surface area contributed by atoms with Crippen molar-refractivity contribution in [1.82, 2.24) is 19.6 Å². The van der Waals surface area contributed by atoms with E-state index in [0.29, 0.717) is 6.42 Å².